The van der Waals surface area contributed by atoms with Gasteiger partial charge in [-0.1, -0.05) is 30.3 Å². The minimum absolute atomic E-state index is 0.193. The first-order valence-electron chi connectivity index (χ1n) is 6.09. The van der Waals surface area contributed by atoms with Gasteiger partial charge < -0.3 is 10.1 Å². The zero-order valence-corrected chi connectivity index (χ0v) is 12.5. The number of halogens is 3. The lowest BCUT2D eigenvalue weighted by Crippen LogP contribution is -2.07. The topological polar surface area (TPSA) is 21.3 Å². The molecule has 2 rings (SSSR count). The zero-order valence-electron chi connectivity index (χ0n) is 10.9. The highest BCUT2D eigenvalue weighted by molar-refractivity contribution is 9.10. The Bertz CT molecular complexity index is 590. The van der Waals surface area contributed by atoms with Crippen LogP contribution in [0.3, 0.4) is 0 Å². The minimum Gasteiger partial charge on any atom is -0.434 e. The van der Waals surface area contributed by atoms with Crippen LogP contribution < -0.4 is 10.1 Å². The maximum absolute atomic E-state index is 12.3. The first kappa shape index (κ1) is 14.8. The Labute approximate surface area is 124 Å². The van der Waals surface area contributed by atoms with Gasteiger partial charge in [0.25, 0.3) is 0 Å². The van der Waals surface area contributed by atoms with Crippen molar-refractivity contribution in [2.45, 2.75) is 20.1 Å². The number of aryl methyl sites for hydroxylation is 1. The van der Waals surface area contributed by atoms with E-state index in [1.807, 2.05) is 25.1 Å². The van der Waals surface area contributed by atoms with E-state index in [-0.39, 0.29) is 5.75 Å². The highest BCUT2D eigenvalue weighted by atomic mass is 79.9. The van der Waals surface area contributed by atoms with Crippen LogP contribution >= 0.6 is 15.9 Å². The molecule has 0 saturated carbocycles. The van der Waals surface area contributed by atoms with E-state index >= 15 is 0 Å². The standard InChI is InChI=1S/C15H14BrF2NO/c1-10-5-4-7-12(14(10)16)19-9-11-6-2-3-8-13(11)20-15(17)18/h2-8,15,19H,9H2,1H3. The lowest BCUT2D eigenvalue weighted by molar-refractivity contribution is -0.0504. The predicted molar refractivity (Wildman–Crippen MR) is 79.3 cm³/mol. The fourth-order valence-corrected chi connectivity index (χ4v) is 2.24. The van der Waals surface area contributed by atoms with Crippen molar-refractivity contribution in [3.8, 4) is 5.75 Å². The molecule has 0 aromatic heterocycles. The second-order valence-electron chi connectivity index (χ2n) is 4.28. The molecule has 2 nitrogen and oxygen atoms in total. The Kier molecular flexibility index (Phi) is 4.95. The Balaban J connectivity index is 2.13. The van der Waals surface area contributed by atoms with E-state index in [0.29, 0.717) is 12.1 Å². The first-order valence-corrected chi connectivity index (χ1v) is 6.89. The van der Waals surface area contributed by atoms with Gasteiger partial charge >= 0.3 is 6.61 Å². The fraction of sp³-hybridized carbons (Fsp3) is 0.200. The SMILES string of the molecule is Cc1cccc(NCc2ccccc2OC(F)F)c1Br. The molecule has 20 heavy (non-hydrogen) atoms. The molecule has 0 fully saturated rings. The van der Waals surface area contributed by atoms with Crippen molar-refractivity contribution < 1.29 is 13.5 Å². The maximum atomic E-state index is 12.3. The fourth-order valence-electron chi connectivity index (χ4n) is 1.84. The lowest BCUT2D eigenvalue weighted by atomic mass is 10.2. The van der Waals surface area contributed by atoms with Crippen molar-refractivity contribution in [2.24, 2.45) is 0 Å². The molecule has 0 bridgehead atoms. The van der Waals surface area contributed by atoms with E-state index in [0.717, 1.165) is 15.7 Å². The molecular formula is C15H14BrF2NO. The molecule has 0 saturated heterocycles. The number of nitrogens with one attached hydrogen (secondary N) is 1. The zero-order chi connectivity index (χ0) is 14.5. The van der Waals surface area contributed by atoms with Gasteiger partial charge in [0, 0.05) is 22.3 Å². The van der Waals surface area contributed by atoms with Gasteiger partial charge in [-0.05, 0) is 40.5 Å². The van der Waals surface area contributed by atoms with E-state index in [4.69, 9.17) is 0 Å². The molecule has 0 aliphatic rings. The molecule has 0 radical (unpaired) electrons. The van der Waals surface area contributed by atoms with Gasteiger partial charge in [0.15, 0.2) is 0 Å². The summed E-state index contributed by atoms with van der Waals surface area (Å²) in [6.45, 7) is -0.421. The normalized spacial score (nSPS) is 10.7. The second kappa shape index (κ2) is 6.70. The van der Waals surface area contributed by atoms with Gasteiger partial charge in [-0.2, -0.15) is 8.78 Å². The van der Waals surface area contributed by atoms with Crippen LogP contribution in [0.25, 0.3) is 0 Å². The van der Waals surface area contributed by atoms with Gasteiger partial charge in [0.1, 0.15) is 5.75 Å². The maximum Gasteiger partial charge on any atom is 0.387 e. The van der Waals surface area contributed by atoms with Crippen LogP contribution in [0.5, 0.6) is 5.75 Å². The number of alkyl halides is 2. The van der Waals surface area contributed by atoms with Gasteiger partial charge in [-0.15, -0.1) is 0 Å². The lowest BCUT2D eigenvalue weighted by Gasteiger charge is -2.13. The molecule has 0 amide bonds. The molecule has 5 heteroatoms. The van der Waals surface area contributed by atoms with Crippen molar-refractivity contribution >= 4 is 21.6 Å². The summed E-state index contributed by atoms with van der Waals surface area (Å²) >= 11 is 3.50. The number of anilines is 1. The molecular weight excluding hydrogens is 328 g/mol. The number of benzene rings is 2. The van der Waals surface area contributed by atoms with Crippen molar-refractivity contribution in [3.05, 3.63) is 58.1 Å². The number of ether oxygens (including phenoxy) is 1. The van der Waals surface area contributed by atoms with Crippen molar-refractivity contribution in [3.63, 3.8) is 0 Å². The summed E-state index contributed by atoms with van der Waals surface area (Å²) in [6.07, 6.45) is 0. The van der Waals surface area contributed by atoms with Gasteiger partial charge in [0.2, 0.25) is 0 Å². The summed E-state index contributed by atoms with van der Waals surface area (Å²) in [5.74, 6) is 0.193. The summed E-state index contributed by atoms with van der Waals surface area (Å²) in [7, 11) is 0. The predicted octanol–water partition coefficient (Wildman–Crippen LogP) is 4.97. The molecule has 1 N–H and O–H groups in total. The van der Waals surface area contributed by atoms with Crippen LogP contribution in [0.15, 0.2) is 46.9 Å². The van der Waals surface area contributed by atoms with Crippen LogP contribution in [0.1, 0.15) is 11.1 Å². The highest BCUT2D eigenvalue weighted by Crippen LogP contribution is 2.27. The van der Waals surface area contributed by atoms with Gasteiger partial charge in [0.05, 0.1) is 0 Å². The van der Waals surface area contributed by atoms with Crippen molar-refractivity contribution in [2.75, 3.05) is 5.32 Å². The third kappa shape index (κ3) is 3.70. The number of hydrogen-bond donors (Lipinski definition) is 1. The third-order valence-electron chi connectivity index (χ3n) is 2.85. The van der Waals surface area contributed by atoms with E-state index in [1.54, 1.807) is 18.2 Å². The molecule has 0 atom stereocenters. The molecule has 0 aliphatic carbocycles. The summed E-state index contributed by atoms with van der Waals surface area (Å²) in [5.41, 5.74) is 2.70. The molecule has 0 heterocycles. The first-order chi connectivity index (χ1) is 9.58. The smallest absolute Gasteiger partial charge is 0.387 e. The van der Waals surface area contributed by atoms with E-state index in [9.17, 15) is 8.78 Å². The molecule has 0 spiro atoms. The molecule has 0 aliphatic heterocycles. The van der Waals surface area contributed by atoms with E-state index in [2.05, 4.69) is 26.0 Å². The van der Waals surface area contributed by atoms with Crippen molar-refractivity contribution in [1.29, 1.82) is 0 Å². The Morgan fingerprint density at radius 2 is 1.90 bits per heavy atom. The Morgan fingerprint density at radius 3 is 2.65 bits per heavy atom. The molecule has 106 valence electrons. The quantitative estimate of drug-likeness (QED) is 0.828. The van der Waals surface area contributed by atoms with Crippen LogP contribution in [0.4, 0.5) is 14.5 Å². The Hall–Kier alpha value is -1.62. The van der Waals surface area contributed by atoms with Crippen LogP contribution in [-0.2, 0) is 6.54 Å². The summed E-state index contributed by atoms with van der Waals surface area (Å²) < 4.78 is 30.1. The van der Waals surface area contributed by atoms with Crippen LogP contribution in [-0.4, -0.2) is 6.61 Å². The highest BCUT2D eigenvalue weighted by Gasteiger charge is 2.09. The van der Waals surface area contributed by atoms with Crippen molar-refractivity contribution in [1.82, 2.24) is 0 Å². The molecule has 2 aromatic carbocycles. The molecule has 2 aromatic rings. The number of rotatable bonds is 5. The summed E-state index contributed by atoms with van der Waals surface area (Å²) in [6, 6.07) is 12.6. The van der Waals surface area contributed by atoms with Crippen LogP contribution in [0, 0.1) is 6.92 Å². The summed E-state index contributed by atoms with van der Waals surface area (Å²) in [4.78, 5) is 0. The number of hydrogen-bond acceptors (Lipinski definition) is 2. The van der Waals surface area contributed by atoms with E-state index < -0.39 is 6.61 Å². The number of para-hydroxylation sites is 1. The molecule has 0 unspecified atom stereocenters. The minimum atomic E-state index is -2.82. The summed E-state index contributed by atoms with van der Waals surface area (Å²) in [5, 5.41) is 3.21. The van der Waals surface area contributed by atoms with Crippen LogP contribution in [0.2, 0.25) is 0 Å². The average molecular weight is 342 g/mol. The van der Waals surface area contributed by atoms with Gasteiger partial charge in [-0.3, -0.25) is 0 Å². The average Bonchev–Trinajstić information content (AvgIpc) is 2.41. The van der Waals surface area contributed by atoms with Gasteiger partial charge in [-0.25, -0.2) is 0 Å². The monoisotopic (exact) mass is 341 g/mol. The third-order valence-corrected chi connectivity index (χ3v) is 3.90. The largest absolute Gasteiger partial charge is 0.434 e. The van der Waals surface area contributed by atoms with E-state index in [1.165, 1.54) is 6.07 Å². The Morgan fingerprint density at radius 1 is 1.15 bits per heavy atom. The second-order valence-corrected chi connectivity index (χ2v) is 5.07.